The molecule has 9 aromatic rings. The third kappa shape index (κ3) is 3.36. The number of thiophene rings is 1. The normalized spacial score (nSPS) is 11.9. The minimum Gasteiger partial charge on any atom is -0.316 e. The van der Waals surface area contributed by atoms with Gasteiger partial charge in [-0.05, 0) is 65.7 Å². The van der Waals surface area contributed by atoms with E-state index in [1.54, 1.807) is 0 Å². The van der Waals surface area contributed by atoms with E-state index in [9.17, 15) is 0 Å². The first-order chi connectivity index (χ1) is 20.3. The Morgan fingerprint density at radius 2 is 1.22 bits per heavy atom. The van der Waals surface area contributed by atoms with E-state index in [1.165, 1.54) is 75.4 Å². The van der Waals surface area contributed by atoms with Gasteiger partial charge in [0.05, 0.1) is 16.6 Å². The standard InChI is InChI=1S/C38H24N2S/c1-2-9-27(10-3-1)39-22-21-26-23-33-30-11-4-6-15-34(30)40(36(33)24-35(26)39)28-19-17-25(18-20-28)29-13-8-14-32-31-12-5-7-16-37(31)41-38(29)32/h1-24H. The minimum absolute atomic E-state index is 1.17. The molecule has 0 N–H and O–H groups in total. The largest absolute Gasteiger partial charge is 0.316 e. The van der Waals surface area contributed by atoms with Crippen LogP contribution in [0.25, 0.3) is 75.4 Å². The molecule has 0 radical (unpaired) electrons. The van der Waals surface area contributed by atoms with Crippen molar-refractivity contribution in [1.29, 1.82) is 0 Å². The first-order valence-electron chi connectivity index (χ1n) is 13.9. The summed E-state index contributed by atoms with van der Waals surface area (Å²) in [6.45, 7) is 0. The number of para-hydroxylation sites is 2. The first kappa shape index (κ1) is 22.7. The van der Waals surface area contributed by atoms with Gasteiger partial charge in [-0.25, -0.2) is 0 Å². The molecule has 3 heterocycles. The molecule has 3 aromatic heterocycles. The van der Waals surface area contributed by atoms with Crippen LogP contribution < -0.4 is 0 Å². The Kier molecular flexibility index (Phi) is 4.80. The molecule has 6 aromatic carbocycles. The molecule has 0 bridgehead atoms. The number of hydrogen-bond acceptors (Lipinski definition) is 1. The van der Waals surface area contributed by atoms with Gasteiger partial charge in [-0.2, -0.15) is 0 Å². The van der Waals surface area contributed by atoms with Gasteiger partial charge >= 0.3 is 0 Å². The first-order valence-corrected chi connectivity index (χ1v) is 14.8. The number of rotatable bonds is 3. The molecule has 0 amide bonds. The van der Waals surface area contributed by atoms with E-state index < -0.39 is 0 Å². The van der Waals surface area contributed by atoms with Crippen LogP contribution in [0.4, 0.5) is 0 Å². The lowest BCUT2D eigenvalue weighted by Gasteiger charge is -2.11. The fourth-order valence-electron chi connectivity index (χ4n) is 6.45. The van der Waals surface area contributed by atoms with Gasteiger partial charge in [0.1, 0.15) is 0 Å². The molecule has 0 unspecified atom stereocenters. The number of hydrogen-bond donors (Lipinski definition) is 0. The zero-order valence-electron chi connectivity index (χ0n) is 22.2. The Bertz CT molecular complexity index is 2400. The second kappa shape index (κ2) is 8.69. The van der Waals surface area contributed by atoms with Crippen LogP contribution in [-0.2, 0) is 0 Å². The van der Waals surface area contributed by atoms with Crippen molar-refractivity contribution in [3.05, 3.63) is 146 Å². The zero-order chi connectivity index (χ0) is 26.9. The Morgan fingerprint density at radius 1 is 0.463 bits per heavy atom. The zero-order valence-corrected chi connectivity index (χ0v) is 23.0. The Balaban J connectivity index is 1.24. The third-order valence-corrected chi connectivity index (χ3v) is 9.58. The summed E-state index contributed by atoms with van der Waals surface area (Å²) < 4.78 is 7.38. The van der Waals surface area contributed by atoms with Crippen LogP contribution in [-0.4, -0.2) is 9.13 Å². The maximum absolute atomic E-state index is 2.41. The summed E-state index contributed by atoms with van der Waals surface area (Å²) in [5.41, 5.74) is 8.52. The van der Waals surface area contributed by atoms with Gasteiger partial charge in [-0.1, -0.05) is 84.9 Å². The number of aromatic nitrogens is 2. The second-order valence-electron chi connectivity index (χ2n) is 10.6. The Labute approximate surface area is 240 Å². The summed E-state index contributed by atoms with van der Waals surface area (Å²) in [6, 6.07) is 50.7. The molecular formula is C38H24N2S. The van der Waals surface area contributed by atoms with Gasteiger partial charge in [-0.3, -0.25) is 0 Å². The van der Waals surface area contributed by atoms with Crippen molar-refractivity contribution in [2.45, 2.75) is 0 Å². The van der Waals surface area contributed by atoms with Gasteiger partial charge in [0.25, 0.3) is 0 Å². The highest BCUT2D eigenvalue weighted by molar-refractivity contribution is 7.26. The minimum atomic E-state index is 1.17. The maximum Gasteiger partial charge on any atom is 0.0562 e. The lowest BCUT2D eigenvalue weighted by molar-refractivity contribution is 1.12. The number of nitrogens with zero attached hydrogens (tertiary/aromatic N) is 2. The molecule has 0 aliphatic heterocycles. The van der Waals surface area contributed by atoms with E-state index in [-0.39, 0.29) is 0 Å². The maximum atomic E-state index is 2.41. The topological polar surface area (TPSA) is 9.86 Å². The molecule has 0 saturated carbocycles. The van der Waals surface area contributed by atoms with Crippen LogP contribution in [0.1, 0.15) is 0 Å². The van der Waals surface area contributed by atoms with Gasteiger partial charge in [0.15, 0.2) is 0 Å². The predicted molar refractivity (Wildman–Crippen MR) is 176 cm³/mol. The Hall–Kier alpha value is -5.12. The van der Waals surface area contributed by atoms with Crippen LogP contribution in [0.5, 0.6) is 0 Å². The average Bonchev–Trinajstić information content (AvgIpc) is 3.72. The van der Waals surface area contributed by atoms with Crippen LogP contribution in [0.3, 0.4) is 0 Å². The molecule has 192 valence electrons. The predicted octanol–water partition coefficient (Wildman–Crippen LogP) is 10.8. The van der Waals surface area contributed by atoms with Crippen molar-refractivity contribution in [2.24, 2.45) is 0 Å². The lowest BCUT2D eigenvalue weighted by Crippen LogP contribution is -1.95. The van der Waals surface area contributed by atoms with E-state index in [0.29, 0.717) is 0 Å². The van der Waals surface area contributed by atoms with E-state index in [1.807, 2.05) is 11.3 Å². The summed E-state index contributed by atoms with van der Waals surface area (Å²) in [4.78, 5) is 0. The molecule has 0 aliphatic rings. The highest BCUT2D eigenvalue weighted by atomic mass is 32.1. The lowest BCUT2D eigenvalue weighted by atomic mass is 10.0. The Morgan fingerprint density at radius 3 is 2.10 bits per heavy atom. The van der Waals surface area contributed by atoms with Gasteiger partial charge in [0, 0.05) is 53.9 Å². The molecule has 0 saturated heterocycles. The van der Waals surface area contributed by atoms with Crippen LogP contribution >= 0.6 is 11.3 Å². The summed E-state index contributed by atoms with van der Waals surface area (Å²) in [6.07, 6.45) is 2.18. The molecule has 41 heavy (non-hydrogen) atoms. The molecule has 0 fully saturated rings. The fraction of sp³-hybridized carbons (Fsp3) is 0. The summed E-state index contributed by atoms with van der Waals surface area (Å²) in [5.74, 6) is 0. The van der Waals surface area contributed by atoms with Gasteiger partial charge in [0.2, 0.25) is 0 Å². The SMILES string of the molecule is c1ccc(-n2ccc3cc4c5ccccc5n(-c5ccc(-c6cccc7c6sc6ccccc67)cc5)c4cc32)cc1. The fourth-order valence-corrected chi connectivity index (χ4v) is 7.69. The molecule has 3 heteroatoms. The average molecular weight is 541 g/mol. The molecule has 2 nitrogen and oxygen atoms in total. The van der Waals surface area contributed by atoms with Crippen LogP contribution in [0.15, 0.2) is 146 Å². The molecule has 0 spiro atoms. The monoisotopic (exact) mass is 540 g/mol. The van der Waals surface area contributed by atoms with Crippen molar-refractivity contribution in [2.75, 3.05) is 0 Å². The van der Waals surface area contributed by atoms with Crippen molar-refractivity contribution < 1.29 is 0 Å². The van der Waals surface area contributed by atoms with Crippen molar-refractivity contribution in [3.63, 3.8) is 0 Å². The molecular weight excluding hydrogens is 516 g/mol. The van der Waals surface area contributed by atoms with Crippen LogP contribution in [0.2, 0.25) is 0 Å². The van der Waals surface area contributed by atoms with E-state index >= 15 is 0 Å². The molecule has 9 rings (SSSR count). The van der Waals surface area contributed by atoms with Crippen molar-refractivity contribution in [1.82, 2.24) is 9.13 Å². The highest BCUT2D eigenvalue weighted by Gasteiger charge is 2.16. The summed E-state index contributed by atoms with van der Waals surface area (Å²) >= 11 is 1.88. The molecule has 0 aliphatic carbocycles. The third-order valence-electron chi connectivity index (χ3n) is 8.36. The number of benzene rings is 6. The second-order valence-corrected chi connectivity index (χ2v) is 11.7. The number of fused-ring (bicyclic) bond motifs is 7. The highest BCUT2D eigenvalue weighted by Crippen LogP contribution is 2.41. The van der Waals surface area contributed by atoms with Crippen LogP contribution in [0, 0.1) is 0 Å². The quantitative estimate of drug-likeness (QED) is 0.211. The smallest absolute Gasteiger partial charge is 0.0562 e. The van der Waals surface area contributed by atoms with E-state index in [2.05, 4.69) is 155 Å². The molecule has 0 atom stereocenters. The van der Waals surface area contributed by atoms with E-state index in [0.717, 1.165) is 0 Å². The van der Waals surface area contributed by atoms with Gasteiger partial charge < -0.3 is 9.13 Å². The van der Waals surface area contributed by atoms with E-state index in [4.69, 9.17) is 0 Å². The van der Waals surface area contributed by atoms with Crippen molar-refractivity contribution >= 4 is 64.2 Å². The summed E-state index contributed by atoms with van der Waals surface area (Å²) in [7, 11) is 0. The van der Waals surface area contributed by atoms with Crippen molar-refractivity contribution in [3.8, 4) is 22.5 Å². The summed E-state index contributed by atoms with van der Waals surface area (Å²) in [5, 5.41) is 6.47. The van der Waals surface area contributed by atoms with Gasteiger partial charge in [-0.15, -0.1) is 11.3 Å².